The van der Waals surface area contributed by atoms with Gasteiger partial charge in [-0.25, -0.2) is 9.59 Å². The Morgan fingerprint density at radius 3 is 1.25 bits per heavy atom. The third-order valence-electron chi connectivity index (χ3n) is 4.74. The van der Waals surface area contributed by atoms with Crippen molar-refractivity contribution in [2.75, 3.05) is 26.2 Å². The van der Waals surface area contributed by atoms with Crippen LogP contribution in [0.3, 0.4) is 0 Å². The summed E-state index contributed by atoms with van der Waals surface area (Å²) in [4.78, 5) is 60.5. The topological polar surface area (TPSA) is 138 Å². The van der Waals surface area contributed by atoms with Gasteiger partial charge in [-0.1, -0.05) is 0 Å². The Hall–Kier alpha value is -2.14. The van der Waals surface area contributed by atoms with Gasteiger partial charge in [0, 0.05) is 50.7 Å². The number of nitrogens with zero attached hydrogens (tertiary/aromatic N) is 2. The lowest BCUT2D eigenvalue weighted by molar-refractivity contribution is -0.001000. The fraction of sp³-hybridized carbons (Fsp3) is 0.500. The standard InChI is InChI=1S/C16H22N6O4.2ClH/c1-9-11(13(23)19-15(25)17-9)7-21-3-5-22(6-4-21)8-12-10(2)18-16(26)20-14(12)24;;/h3-8H2,1-2H3,(H2,17,19,23,25)(H2,18,20,24,26);2*1H/p-2. The molecule has 12 heteroatoms. The van der Waals surface area contributed by atoms with Crippen LogP contribution in [-0.2, 0) is 13.1 Å². The van der Waals surface area contributed by atoms with Gasteiger partial charge in [0.2, 0.25) is 0 Å². The van der Waals surface area contributed by atoms with Crippen molar-refractivity contribution in [2.45, 2.75) is 26.9 Å². The molecule has 0 saturated carbocycles. The van der Waals surface area contributed by atoms with Crippen molar-refractivity contribution in [3.8, 4) is 0 Å². The molecule has 10 nitrogen and oxygen atoms in total. The molecule has 1 aliphatic rings. The molecule has 1 aliphatic heterocycles. The molecule has 0 spiro atoms. The Bertz CT molecular complexity index is 949. The molecule has 0 bridgehead atoms. The van der Waals surface area contributed by atoms with Crippen LogP contribution in [0.5, 0.6) is 0 Å². The van der Waals surface area contributed by atoms with E-state index in [1.165, 1.54) is 0 Å². The van der Waals surface area contributed by atoms with Crippen LogP contribution < -0.4 is 47.3 Å². The first kappa shape index (κ1) is 23.9. The number of piperazine rings is 1. The second-order valence-corrected chi connectivity index (χ2v) is 6.58. The molecule has 0 amide bonds. The number of hydrogen-bond donors (Lipinski definition) is 4. The molecule has 0 aliphatic carbocycles. The van der Waals surface area contributed by atoms with Crippen LogP contribution in [0.15, 0.2) is 19.2 Å². The van der Waals surface area contributed by atoms with E-state index in [1.54, 1.807) is 13.8 Å². The molecule has 0 unspecified atom stereocenters. The van der Waals surface area contributed by atoms with E-state index in [4.69, 9.17) is 0 Å². The zero-order valence-electron chi connectivity index (χ0n) is 15.5. The van der Waals surface area contributed by atoms with Crippen molar-refractivity contribution in [3.63, 3.8) is 0 Å². The van der Waals surface area contributed by atoms with E-state index in [0.29, 0.717) is 35.6 Å². The molecule has 0 atom stereocenters. The van der Waals surface area contributed by atoms with Crippen LogP contribution >= 0.6 is 0 Å². The summed E-state index contributed by atoms with van der Waals surface area (Å²) >= 11 is 0. The second-order valence-electron chi connectivity index (χ2n) is 6.58. The number of halogens is 2. The maximum absolute atomic E-state index is 12.0. The minimum atomic E-state index is -0.498. The highest BCUT2D eigenvalue weighted by Gasteiger charge is 2.20. The number of aryl methyl sites for hydroxylation is 2. The maximum Gasteiger partial charge on any atom is 0.325 e. The van der Waals surface area contributed by atoms with Crippen molar-refractivity contribution in [1.29, 1.82) is 0 Å². The average Bonchev–Trinajstić information content (AvgIpc) is 2.55. The molecule has 0 radical (unpaired) electrons. The summed E-state index contributed by atoms with van der Waals surface area (Å²) in [7, 11) is 0. The largest absolute Gasteiger partial charge is 1.00 e. The third kappa shape index (κ3) is 5.44. The normalized spacial score (nSPS) is 14.9. The molecule has 28 heavy (non-hydrogen) atoms. The SMILES string of the molecule is Cc1[nH]c(=O)[nH]c(=O)c1CN1CCN(Cc2c(C)[nH]c(=O)[nH]c2=O)CC1.[Cl-].[Cl-]. The van der Waals surface area contributed by atoms with Crippen molar-refractivity contribution >= 4 is 0 Å². The number of nitrogens with one attached hydrogen (secondary N) is 4. The van der Waals surface area contributed by atoms with Gasteiger partial charge >= 0.3 is 11.4 Å². The molecule has 3 heterocycles. The van der Waals surface area contributed by atoms with Gasteiger partial charge in [0.15, 0.2) is 0 Å². The minimum absolute atomic E-state index is 0. The summed E-state index contributed by atoms with van der Waals surface area (Å²) < 4.78 is 0. The van der Waals surface area contributed by atoms with E-state index in [-0.39, 0.29) is 35.9 Å². The molecule has 2 aromatic rings. The van der Waals surface area contributed by atoms with Crippen LogP contribution in [0.2, 0.25) is 0 Å². The van der Waals surface area contributed by atoms with Crippen LogP contribution in [-0.4, -0.2) is 55.9 Å². The number of aromatic nitrogens is 4. The van der Waals surface area contributed by atoms with Gasteiger partial charge < -0.3 is 34.8 Å². The molecule has 1 saturated heterocycles. The Balaban J connectivity index is 0.00000196. The zero-order chi connectivity index (χ0) is 18.8. The Morgan fingerprint density at radius 1 is 0.643 bits per heavy atom. The monoisotopic (exact) mass is 432 g/mol. The van der Waals surface area contributed by atoms with Gasteiger partial charge in [0.05, 0.1) is 11.1 Å². The minimum Gasteiger partial charge on any atom is -1.00 e. The lowest BCUT2D eigenvalue weighted by Gasteiger charge is -2.34. The molecule has 3 rings (SSSR count). The first-order valence-corrected chi connectivity index (χ1v) is 8.42. The molecular weight excluding hydrogens is 411 g/mol. The third-order valence-corrected chi connectivity index (χ3v) is 4.74. The molecular formula is C16H22Cl2N6O4-2. The molecule has 4 N–H and O–H groups in total. The average molecular weight is 433 g/mol. The van der Waals surface area contributed by atoms with E-state index in [1.807, 2.05) is 0 Å². The molecule has 1 fully saturated rings. The van der Waals surface area contributed by atoms with Gasteiger partial charge in [-0.15, -0.1) is 0 Å². The summed E-state index contributed by atoms with van der Waals surface area (Å²) in [5.41, 5.74) is 0.573. The highest BCUT2D eigenvalue weighted by atomic mass is 35.5. The Labute approximate surface area is 172 Å². The van der Waals surface area contributed by atoms with Gasteiger partial charge in [-0.2, -0.15) is 0 Å². The summed E-state index contributed by atoms with van der Waals surface area (Å²) in [6, 6.07) is 0. The van der Waals surface area contributed by atoms with E-state index in [9.17, 15) is 19.2 Å². The molecule has 156 valence electrons. The number of H-pyrrole nitrogens is 4. The summed E-state index contributed by atoms with van der Waals surface area (Å²) in [6.07, 6.45) is 0. The van der Waals surface area contributed by atoms with Crippen molar-refractivity contribution < 1.29 is 24.8 Å². The predicted octanol–water partition coefficient (Wildman–Crippen LogP) is -7.62. The van der Waals surface area contributed by atoms with Gasteiger partial charge in [-0.3, -0.25) is 29.4 Å². The maximum atomic E-state index is 12.0. The first-order chi connectivity index (χ1) is 12.3. The number of aromatic amines is 4. The highest BCUT2D eigenvalue weighted by Crippen LogP contribution is 2.10. The lowest BCUT2D eigenvalue weighted by Crippen LogP contribution is -3.00. The zero-order valence-corrected chi connectivity index (χ0v) is 17.0. The fourth-order valence-electron chi connectivity index (χ4n) is 3.19. The predicted molar refractivity (Wildman–Crippen MR) is 95.4 cm³/mol. The first-order valence-electron chi connectivity index (χ1n) is 8.42. The Kier molecular flexibility index (Phi) is 8.43. The van der Waals surface area contributed by atoms with Crippen molar-refractivity contribution in [3.05, 3.63) is 64.2 Å². The molecule has 2 aromatic heterocycles. The second kappa shape index (κ2) is 9.87. The Morgan fingerprint density at radius 2 is 0.964 bits per heavy atom. The van der Waals surface area contributed by atoms with E-state index < -0.39 is 11.4 Å². The number of rotatable bonds is 4. The van der Waals surface area contributed by atoms with E-state index >= 15 is 0 Å². The highest BCUT2D eigenvalue weighted by molar-refractivity contribution is 5.15. The van der Waals surface area contributed by atoms with Crippen molar-refractivity contribution in [1.82, 2.24) is 29.7 Å². The lowest BCUT2D eigenvalue weighted by atomic mass is 10.2. The van der Waals surface area contributed by atoms with Gasteiger partial charge in [0.1, 0.15) is 0 Å². The quantitative estimate of drug-likeness (QED) is 0.378. The summed E-state index contributed by atoms with van der Waals surface area (Å²) in [5, 5.41) is 0. The van der Waals surface area contributed by atoms with Crippen LogP contribution in [0.1, 0.15) is 22.5 Å². The number of hydrogen-bond acceptors (Lipinski definition) is 6. The van der Waals surface area contributed by atoms with Crippen molar-refractivity contribution in [2.24, 2.45) is 0 Å². The summed E-state index contributed by atoms with van der Waals surface area (Å²) in [6.45, 7) is 7.29. The summed E-state index contributed by atoms with van der Waals surface area (Å²) in [5.74, 6) is 0. The van der Waals surface area contributed by atoms with Crippen LogP contribution in [0.4, 0.5) is 0 Å². The molecule has 0 aromatic carbocycles. The van der Waals surface area contributed by atoms with Crippen LogP contribution in [0.25, 0.3) is 0 Å². The van der Waals surface area contributed by atoms with E-state index in [0.717, 1.165) is 26.2 Å². The van der Waals surface area contributed by atoms with E-state index in [2.05, 4.69) is 29.7 Å². The van der Waals surface area contributed by atoms with Gasteiger partial charge in [0.25, 0.3) is 11.1 Å². The van der Waals surface area contributed by atoms with Gasteiger partial charge in [-0.05, 0) is 13.8 Å². The smallest absolute Gasteiger partial charge is 0.325 e. The fourth-order valence-corrected chi connectivity index (χ4v) is 3.19. The van der Waals surface area contributed by atoms with Crippen LogP contribution in [0, 0.1) is 13.8 Å².